The van der Waals surface area contributed by atoms with Crippen LogP contribution in [0.1, 0.15) is 16.8 Å². The van der Waals surface area contributed by atoms with Gasteiger partial charge >= 0.3 is 0 Å². The van der Waals surface area contributed by atoms with Gasteiger partial charge in [-0.2, -0.15) is 4.39 Å². The van der Waals surface area contributed by atoms with Gasteiger partial charge in [0.25, 0.3) is 0 Å². The molecule has 0 saturated carbocycles. The minimum atomic E-state index is -0.538. The summed E-state index contributed by atoms with van der Waals surface area (Å²) in [5, 5.41) is 0.916. The van der Waals surface area contributed by atoms with Crippen molar-refractivity contribution in [3.8, 4) is 17.3 Å². The number of H-pyrrole nitrogens is 1. The number of halogens is 1. The predicted octanol–water partition coefficient (Wildman–Crippen LogP) is 3.26. The number of nitrogens with zero attached hydrogens (tertiary/aromatic N) is 4. The first kappa shape index (κ1) is 16.1. The zero-order valence-electron chi connectivity index (χ0n) is 14.2. The maximum atomic E-state index is 14.6. The van der Waals surface area contributed by atoms with Gasteiger partial charge in [0.05, 0.1) is 18.5 Å². The van der Waals surface area contributed by atoms with E-state index in [-0.39, 0.29) is 0 Å². The monoisotopic (exact) mass is 348 g/mol. The summed E-state index contributed by atoms with van der Waals surface area (Å²) in [4.78, 5) is 19.8. The normalized spacial score (nSPS) is 11.0. The van der Waals surface area contributed by atoms with E-state index in [4.69, 9.17) is 4.74 Å². The van der Waals surface area contributed by atoms with Crippen molar-refractivity contribution in [2.75, 3.05) is 7.11 Å². The quantitative estimate of drug-likeness (QED) is 0.573. The molecule has 0 saturated heterocycles. The van der Waals surface area contributed by atoms with Crippen molar-refractivity contribution in [2.24, 2.45) is 0 Å². The molecule has 0 amide bonds. The molecule has 0 aliphatic carbocycles. The van der Waals surface area contributed by atoms with Crippen LogP contribution < -0.4 is 4.74 Å². The van der Waals surface area contributed by atoms with Crippen molar-refractivity contribution in [3.05, 3.63) is 65.6 Å². The highest BCUT2D eigenvalue weighted by Crippen LogP contribution is 2.24. The topological polar surface area (TPSA) is 76.6 Å². The van der Waals surface area contributed by atoms with Gasteiger partial charge in [0, 0.05) is 35.7 Å². The lowest BCUT2D eigenvalue weighted by molar-refractivity contribution is 0.398. The van der Waals surface area contributed by atoms with E-state index in [0.717, 1.165) is 22.3 Å². The predicted molar refractivity (Wildman–Crippen MR) is 94.2 cm³/mol. The molecule has 1 radical (unpaired) electrons. The van der Waals surface area contributed by atoms with E-state index in [0.29, 0.717) is 29.3 Å². The van der Waals surface area contributed by atoms with Gasteiger partial charge in [0.2, 0.25) is 11.8 Å². The van der Waals surface area contributed by atoms with Crippen LogP contribution in [0.25, 0.3) is 22.4 Å². The summed E-state index contributed by atoms with van der Waals surface area (Å²) in [6, 6.07) is 9.73. The largest absolute Gasteiger partial charge is 0.481 e. The van der Waals surface area contributed by atoms with Gasteiger partial charge in [-0.3, -0.25) is 0 Å². The number of pyridine rings is 2. The summed E-state index contributed by atoms with van der Waals surface area (Å²) < 4.78 is 19.7. The van der Waals surface area contributed by atoms with E-state index >= 15 is 0 Å². The summed E-state index contributed by atoms with van der Waals surface area (Å²) in [7, 11) is 1.52. The molecule has 0 spiro atoms. The average Bonchev–Trinajstić information content (AvgIpc) is 3.08. The summed E-state index contributed by atoms with van der Waals surface area (Å²) in [5.41, 5.74) is 3.85. The van der Waals surface area contributed by atoms with E-state index in [1.165, 1.54) is 13.4 Å². The molecule has 6 nitrogen and oxygen atoms in total. The van der Waals surface area contributed by atoms with Gasteiger partial charge in [0.1, 0.15) is 17.7 Å². The molecular formula is C19H15FN5O. The van der Waals surface area contributed by atoms with Gasteiger partial charge in [-0.1, -0.05) is 6.07 Å². The second kappa shape index (κ2) is 6.51. The molecule has 4 heterocycles. The van der Waals surface area contributed by atoms with E-state index in [2.05, 4.69) is 31.0 Å². The number of nitrogens with one attached hydrogen (secondary N) is 1. The summed E-state index contributed by atoms with van der Waals surface area (Å²) in [5.74, 6) is -0.108. The Balaban J connectivity index is 1.68. The third-order valence-corrected chi connectivity index (χ3v) is 4.17. The number of aromatic nitrogens is 5. The Hall–Kier alpha value is -3.35. The highest BCUT2D eigenvalue weighted by Gasteiger charge is 2.13. The van der Waals surface area contributed by atoms with Crippen molar-refractivity contribution in [2.45, 2.75) is 13.3 Å². The lowest BCUT2D eigenvalue weighted by Gasteiger charge is -2.06. The van der Waals surface area contributed by atoms with Gasteiger partial charge in [-0.05, 0) is 24.6 Å². The zero-order chi connectivity index (χ0) is 18.1. The first-order valence-electron chi connectivity index (χ1n) is 8.02. The number of hydrogen-bond acceptors (Lipinski definition) is 5. The Morgan fingerprint density at radius 1 is 1.15 bits per heavy atom. The first-order valence-corrected chi connectivity index (χ1v) is 8.02. The average molecular weight is 348 g/mol. The van der Waals surface area contributed by atoms with Crippen molar-refractivity contribution < 1.29 is 9.13 Å². The van der Waals surface area contributed by atoms with Crippen LogP contribution in [0.15, 0.2) is 36.8 Å². The Labute approximate surface area is 149 Å². The Morgan fingerprint density at radius 3 is 2.85 bits per heavy atom. The fourth-order valence-corrected chi connectivity index (χ4v) is 2.88. The molecule has 0 fully saturated rings. The van der Waals surface area contributed by atoms with Gasteiger partial charge in [-0.25, -0.2) is 19.9 Å². The molecular weight excluding hydrogens is 333 g/mol. The molecule has 4 aromatic rings. The second-order valence-electron chi connectivity index (χ2n) is 5.80. The Morgan fingerprint density at radius 2 is 2.04 bits per heavy atom. The maximum Gasteiger partial charge on any atom is 0.217 e. The van der Waals surface area contributed by atoms with Crippen molar-refractivity contribution in [3.63, 3.8) is 0 Å². The molecule has 0 bridgehead atoms. The van der Waals surface area contributed by atoms with Crippen LogP contribution in [0.3, 0.4) is 0 Å². The number of fused-ring (bicyclic) bond motifs is 1. The molecule has 0 aromatic carbocycles. The second-order valence-corrected chi connectivity index (χ2v) is 5.80. The van der Waals surface area contributed by atoms with Crippen molar-refractivity contribution >= 4 is 11.0 Å². The molecule has 4 aromatic heterocycles. The molecule has 0 atom stereocenters. The van der Waals surface area contributed by atoms with Gasteiger partial charge < -0.3 is 9.72 Å². The zero-order valence-corrected chi connectivity index (χ0v) is 14.2. The van der Waals surface area contributed by atoms with Crippen LogP contribution >= 0.6 is 0 Å². The summed E-state index contributed by atoms with van der Waals surface area (Å²) >= 11 is 0. The SMILES string of the molecule is COc1cc[c]c(-c2ccc(Cc3c[nH]c4ncnc(C)c34)c(F)n2)n1. The summed E-state index contributed by atoms with van der Waals surface area (Å²) in [6.45, 7) is 1.91. The van der Waals surface area contributed by atoms with E-state index in [1.54, 1.807) is 24.3 Å². The van der Waals surface area contributed by atoms with Crippen molar-refractivity contribution in [1.29, 1.82) is 0 Å². The number of aryl methyl sites for hydroxylation is 1. The van der Waals surface area contributed by atoms with E-state index in [1.807, 2.05) is 13.1 Å². The first-order chi connectivity index (χ1) is 12.7. The van der Waals surface area contributed by atoms with E-state index < -0.39 is 5.95 Å². The van der Waals surface area contributed by atoms with Crippen LogP contribution in [0.4, 0.5) is 4.39 Å². The fourth-order valence-electron chi connectivity index (χ4n) is 2.88. The standard InChI is InChI=1S/C19H15FN5O/c1-11-17-13(9-21-19(17)23-10-22-11)8-12-6-7-15(25-18(12)20)14-4-3-5-16(24-14)26-2/h3,5-7,9-10H,8H2,1-2H3,(H,21,22,23). The Bertz CT molecular complexity index is 1090. The highest BCUT2D eigenvalue weighted by molar-refractivity contribution is 5.82. The number of ether oxygens (including phenoxy) is 1. The molecule has 0 aliphatic heterocycles. The minimum Gasteiger partial charge on any atom is -0.481 e. The van der Waals surface area contributed by atoms with Gasteiger partial charge in [-0.15, -0.1) is 0 Å². The van der Waals surface area contributed by atoms with Crippen molar-refractivity contribution in [1.82, 2.24) is 24.9 Å². The third-order valence-electron chi connectivity index (χ3n) is 4.17. The molecule has 4 rings (SSSR count). The van der Waals surface area contributed by atoms with Crippen LogP contribution in [0, 0.1) is 18.9 Å². The van der Waals surface area contributed by atoms with Gasteiger partial charge in [0.15, 0.2) is 0 Å². The third kappa shape index (κ3) is 2.88. The highest BCUT2D eigenvalue weighted by atomic mass is 19.1. The van der Waals surface area contributed by atoms with Crippen LogP contribution in [-0.4, -0.2) is 32.0 Å². The Kier molecular flexibility index (Phi) is 4.04. The van der Waals surface area contributed by atoms with Crippen LogP contribution in [0.5, 0.6) is 5.88 Å². The summed E-state index contributed by atoms with van der Waals surface area (Å²) in [6.07, 6.45) is 3.73. The minimum absolute atomic E-state index is 0.391. The van der Waals surface area contributed by atoms with Crippen LogP contribution in [0.2, 0.25) is 0 Å². The number of aromatic amines is 1. The molecule has 1 N–H and O–H groups in total. The van der Waals surface area contributed by atoms with E-state index in [9.17, 15) is 4.39 Å². The maximum absolute atomic E-state index is 14.6. The molecule has 0 unspecified atom stereocenters. The molecule has 129 valence electrons. The molecule has 7 heteroatoms. The van der Waals surface area contributed by atoms with Crippen LogP contribution in [-0.2, 0) is 6.42 Å². The number of methoxy groups -OCH3 is 1. The lowest BCUT2D eigenvalue weighted by atomic mass is 10.0. The lowest BCUT2D eigenvalue weighted by Crippen LogP contribution is -1.99. The number of rotatable bonds is 4. The molecule has 26 heavy (non-hydrogen) atoms. The smallest absolute Gasteiger partial charge is 0.217 e. The molecule has 0 aliphatic rings. The number of hydrogen-bond donors (Lipinski definition) is 1. The fraction of sp³-hybridized carbons (Fsp3) is 0.158.